The first-order valence-corrected chi connectivity index (χ1v) is 11.9. The van der Waals surface area contributed by atoms with Crippen LogP contribution in [0.15, 0.2) is 78.9 Å². The van der Waals surface area contributed by atoms with E-state index in [0.717, 1.165) is 27.8 Å². The van der Waals surface area contributed by atoms with Crippen molar-refractivity contribution in [2.75, 3.05) is 7.11 Å². The predicted molar refractivity (Wildman–Crippen MR) is 135 cm³/mol. The molecule has 0 unspecified atom stereocenters. The van der Waals surface area contributed by atoms with Gasteiger partial charge in [0.2, 0.25) is 5.91 Å². The van der Waals surface area contributed by atoms with Crippen molar-refractivity contribution in [1.29, 1.82) is 0 Å². The maximum atomic E-state index is 13.5. The molecule has 2 atom stereocenters. The zero-order valence-electron chi connectivity index (χ0n) is 20.5. The zero-order valence-corrected chi connectivity index (χ0v) is 20.5. The van der Waals surface area contributed by atoms with Crippen LogP contribution in [-0.2, 0) is 45.1 Å². The molecule has 0 saturated heterocycles. The second kappa shape index (κ2) is 11.5. The van der Waals surface area contributed by atoms with Crippen LogP contribution in [-0.4, -0.2) is 42.1 Å². The minimum absolute atomic E-state index is 0.101. The average molecular weight is 487 g/mol. The number of nitrogens with one attached hydrogen (secondary N) is 1. The van der Waals surface area contributed by atoms with Crippen LogP contribution in [0.25, 0.3) is 0 Å². The first kappa shape index (κ1) is 25.0. The molecule has 36 heavy (non-hydrogen) atoms. The lowest BCUT2D eigenvalue weighted by atomic mass is 9.93. The second-order valence-corrected chi connectivity index (χ2v) is 8.87. The molecule has 1 aliphatic heterocycles. The van der Waals surface area contributed by atoms with Crippen molar-refractivity contribution in [1.82, 2.24) is 10.2 Å². The smallest absolute Gasteiger partial charge is 0.411 e. The van der Waals surface area contributed by atoms with Crippen LogP contribution in [0.5, 0.6) is 0 Å². The number of hydrogen-bond donors (Lipinski definition) is 1. The summed E-state index contributed by atoms with van der Waals surface area (Å²) < 4.78 is 10.5. The van der Waals surface area contributed by atoms with Gasteiger partial charge in [-0.1, -0.05) is 78.9 Å². The van der Waals surface area contributed by atoms with Gasteiger partial charge in [0, 0.05) is 12.8 Å². The van der Waals surface area contributed by atoms with E-state index in [1.165, 1.54) is 12.0 Å². The third-order valence-corrected chi connectivity index (χ3v) is 6.48. The summed E-state index contributed by atoms with van der Waals surface area (Å²) >= 11 is 0. The molecular formula is C29H30N2O5. The number of benzene rings is 3. The molecule has 3 aromatic carbocycles. The zero-order chi connectivity index (χ0) is 25.5. The molecule has 1 N–H and O–H groups in total. The number of methoxy groups -OCH3 is 1. The third-order valence-electron chi connectivity index (χ3n) is 6.48. The average Bonchev–Trinajstić information content (AvgIpc) is 2.91. The summed E-state index contributed by atoms with van der Waals surface area (Å²) in [5.74, 6) is -0.967. The largest absolute Gasteiger partial charge is 0.467 e. The highest BCUT2D eigenvalue weighted by Gasteiger charge is 2.37. The van der Waals surface area contributed by atoms with Crippen molar-refractivity contribution in [3.05, 3.63) is 107 Å². The molecule has 1 aliphatic rings. The molecule has 1 heterocycles. The number of aryl methyl sites for hydroxylation is 1. The minimum Gasteiger partial charge on any atom is -0.467 e. The van der Waals surface area contributed by atoms with Crippen molar-refractivity contribution < 1.29 is 23.9 Å². The molecule has 7 heteroatoms. The van der Waals surface area contributed by atoms with E-state index in [-0.39, 0.29) is 19.6 Å². The summed E-state index contributed by atoms with van der Waals surface area (Å²) in [5, 5.41) is 2.84. The third kappa shape index (κ3) is 5.92. The van der Waals surface area contributed by atoms with E-state index in [1.54, 1.807) is 0 Å². The number of hydrogen-bond acceptors (Lipinski definition) is 5. The van der Waals surface area contributed by atoms with Crippen molar-refractivity contribution in [3.63, 3.8) is 0 Å². The van der Waals surface area contributed by atoms with Gasteiger partial charge in [0.05, 0.1) is 13.7 Å². The second-order valence-electron chi connectivity index (χ2n) is 8.87. The van der Waals surface area contributed by atoms with Crippen LogP contribution in [0.3, 0.4) is 0 Å². The Balaban J connectivity index is 1.54. The fourth-order valence-corrected chi connectivity index (χ4v) is 4.41. The van der Waals surface area contributed by atoms with E-state index >= 15 is 0 Å². The number of fused-ring (bicyclic) bond motifs is 1. The molecule has 0 saturated carbocycles. The van der Waals surface area contributed by atoms with Gasteiger partial charge in [-0.3, -0.25) is 9.69 Å². The highest BCUT2D eigenvalue weighted by atomic mass is 16.6. The predicted octanol–water partition coefficient (Wildman–Crippen LogP) is 3.96. The molecule has 0 spiro atoms. The van der Waals surface area contributed by atoms with Crippen molar-refractivity contribution in [3.8, 4) is 0 Å². The fraction of sp³-hybridized carbons (Fsp3) is 0.276. The van der Waals surface area contributed by atoms with Crippen LogP contribution < -0.4 is 5.32 Å². The summed E-state index contributed by atoms with van der Waals surface area (Å²) in [4.78, 5) is 40.7. The van der Waals surface area contributed by atoms with Crippen LogP contribution in [0, 0.1) is 6.92 Å². The van der Waals surface area contributed by atoms with Gasteiger partial charge in [-0.25, -0.2) is 9.59 Å². The number of carbonyl (C=O) groups is 3. The van der Waals surface area contributed by atoms with E-state index in [4.69, 9.17) is 9.47 Å². The molecule has 0 aromatic heterocycles. The summed E-state index contributed by atoms with van der Waals surface area (Å²) in [6, 6.07) is 23.1. The van der Waals surface area contributed by atoms with Crippen molar-refractivity contribution >= 4 is 18.0 Å². The number of amides is 2. The lowest BCUT2D eigenvalue weighted by molar-refractivity contribution is -0.145. The number of nitrogens with zero attached hydrogens (tertiary/aromatic N) is 1. The summed E-state index contributed by atoms with van der Waals surface area (Å²) in [6.45, 7) is 2.29. The maximum Gasteiger partial charge on any atom is 0.411 e. The molecule has 2 amide bonds. The van der Waals surface area contributed by atoms with Gasteiger partial charge in [-0.2, -0.15) is 0 Å². The highest BCUT2D eigenvalue weighted by molar-refractivity contribution is 5.90. The Kier molecular flexibility index (Phi) is 8.00. The number of rotatable bonds is 7. The van der Waals surface area contributed by atoms with Gasteiger partial charge >= 0.3 is 12.1 Å². The van der Waals surface area contributed by atoms with Crippen LogP contribution in [0.2, 0.25) is 0 Å². The normalized spacial score (nSPS) is 15.4. The van der Waals surface area contributed by atoms with Gasteiger partial charge in [-0.15, -0.1) is 0 Å². The topological polar surface area (TPSA) is 84.9 Å². The molecule has 3 aromatic rings. The standard InChI is InChI=1S/C29H30N2O5/c1-20-10-6-7-13-22(20)16-25(28(33)35-2)30-27(32)26-17-23-14-8-9-15-24(23)18-31(26)29(34)36-19-21-11-4-3-5-12-21/h3-15,25-26H,16-19H2,1-2H3,(H,30,32)/t25-,26+/m1/s1. The fourth-order valence-electron chi connectivity index (χ4n) is 4.41. The Morgan fingerprint density at radius 3 is 2.33 bits per heavy atom. The Morgan fingerprint density at radius 1 is 0.944 bits per heavy atom. The Bertz CT molecular complexity index is 1230. The van der Waals surface area contributed by atoms with Crippen molar-refractivity contribution in [2.45, 2.75) is 45.0 Å². The van der Waals surface area contributed by atoms with Gasteiger partial charge in [0.25, 0.3) is 0 Å². The van der Waals surface area contributed by atoms with E-state index in [9.17, 15) is 14.4 Å². The minimum atomic E-state index is -0.886. The molecular weight excluding hydrogens is 456 g/mol. The molecule has 0 aliphatic carbocycles. The monoisotopic (exact) mass is 486 g/mol. The molecule has 4 rings (SSSR count). The Hall–Kier alpha value is -4.13. The van der Waals surface area contributed by atoms with Gasteiger partial charge < -0.3 is 14.8 Å². The first-order valence-electron chi connectivity index (χ1n) is 11.9. The van der Waals surface area contributed by atoms with Crippen molar-refractivity contribution in [2.24, 2.45) is 0 Å². The maximum absolute atomic E-state index is 13.5. The van der Waals surface area contributed by atoms with Gasteiger partial charge in [0.1, 0.15) is 18.7 Å². The van der Waals surface area contributed by atoms with Gasteiger partial charge in [0.15, 0.2) is 0 Å². The summed E-state index contributed by atoms with van der Waals surface area (Å²) in [7, 11) is 1.30. The first-order chi connectivity index (χ1) is 17.5. The quantitative estimate of drug-likeness (QED) is 0.511. The number of carbonyl (C=O) groups excluding carboxylic acids is 3. The van der Waals surface area contributed by atoms with E-state index < -0.39 is 30.1 Å². The number of esters is 1. The number of ether oxygens (including phenoxy) is 2. The Labute approximate surface area is 211 Å². The molecule has 0 radical (unpaired) electrons. The SMILES string of the molecule is COC(=O)[C@@H](Cc1ccccc1C)NC(=O)[C@@H]1Cc2ccccc2CN1C(=O)OCc1ccccc1. The molecule has 0 bridgehead atoms. The van der Waals surface area contributed by atoms with E-state index in [2.05, 4.69) is 5.32 Å². The van der Waals surface area contributed by atoms with Crippen LogP contribution in [0.4, 0.5) is 4.79 Å². The lowest BCUT2D eigenvalue weighted by Gasteiger charge is -2.35. The van der Waals surface area contributed by atoms with E-state index in [1.807, 2.05) is 85.8 Å². The van der Waals surface area contributed by atoms with Gasteiger partial charge in [-0.05, 0) is 34.7 Å². The summed E-state index contributed by atoms with van der Waals surface area (Å²) in [5.41, 5.74) is 4.74. The van der Waals surface area contributed by atoms with E-state index in [0.29, 0.717) is 6.42 Å². The molecule has 0 fully saturated rings. The molecule has 7 nitrogen and oxygen atoms in total. The highest BCUT2D eigenvalue weighted by Crippen LogP contribution is 2.25. The lowest BCUT2D eigenvalue weighted by Crippen LogP contribution is -2.56. The summed E-state index contributed by atoms with van der Waals surface area (Å²) in [6.07, 6.45) is 0.0233. The van der Waals surface area contributed by atoms with Crippen LogP contribution in [0.1, 0.15) is 27.8 Å². The Morgan fingerprint density at radius 2 is 1.61 bits per heavy atom. The molecule has 186 valence electrons. The van der Waals surface area contributed by atoms with Crippen LogP contribution >= 0.6 is 0 Å².